The van der Waals surface area contributed by atoms with E-state index in [0.717, 1.165) is 38.0 Å². The fourth-order valence-electron chi connectivity index (χ4n) is 4.43. The molecule has 2 fully saturated rings. The first-order chi connectivity index (χ1) is 15.4. The molecule has 0 unspecified atom stereocenters. The Morgan fingerprint density at radius 3 is 2.28 bits per heavy atom. The zero-order valence-corrected chi connectivity index (χ0v) is 19.8. The number of hydrogen-bond donors (Lipinski definition) is 1. The summed E-state index contributed by atoms with van der Waals surface area (Å²) in [4.78, 5) is 15.3. The van der Waals surface area contributed by atoms with Crippen molar-refractivity contribution in [3.8, 4) is 0 Å². The molecular weight excluding hydrogens is 446 g/mol. The average Bonchev–Trinajstić information content (AvgIpc) is 3.35. The molecule has 2 saturated heterocycles. The summed E-state index contributed by atoms with van der Waals surface area (Å²) in [5.41, 5.74) is 2.58. The van der Waals surface area contributed by atoms with Crippen molar-refractivity contribution in [2.75, 3.05) is 26.2 Å². The van der Waals surface area contributed by atoms with Crippen LogP contribution in [0.3, 0.4) is 0 Å². The molecule has 2 aromatic rings. The van der Waals surface area contributed by atoms with Crippen LogP contribution < -0.4 is 5.32 Å². The summed E-state index contributed by atoms with van der Waals surface area (Å²) >= 11 is 6.21. The van der Waals surface area contributed by atoms with Gasteiger partial charge in [-0.1, -0.05) is 42.3 Å². The van der Waals surface area contributed by atoms with Crippen molar-refractivity contribution in [1.29, 1.82) is 0 Å². The van der Waals surface area contributed by atoms with Gasteiger partial charge in [-0.3, -0.25) is 9.69 Å². The van der Waals surface area contributed by atoms with Crippen molar-refractivity contribution >= 4 is 27.5 Å². The van der Waals surface area contributed by atoms with Crippen LogP contribution in [0.2, 0.25) is 5.02 Å². The molecule has 0 aliphatic carbocycles. The monoisotopic (exact) mass is 475 g/mol. The Balaban J connectivity index is 1.46. The topological polar surface area (TPSA) is 69.7 Å². The summed E-state index contributed by atoms with van der Waals surface area (Å²) in [5.74, 6) is -0.313. The number of benzene rings is 2. The molecule has 4 rings (SSSR count). The number of likely N-dealkylation sites (tertiary alicyclic amines) is 1. The van der Waals surface area contributed by atoms with Gasteiger partial charge >= 0.3 is 0 Å². The molecule has 2 aliphatic heterocycles. The van der Waals surface area contributed by atoms with Crippen LogP contribution in [0.15, 0.2) is 47.4 Å². The second kappa shape index (κ2) is 10.3. The van der Waals surface area contributed by atoms with Crippen LogP contribution in [-0.2, 0) is 23.1 Å². The Kier molecular flexibility index (Phi) is 7.51. The van der Waals surface area contributed by atoms with E-state index in [0.29, 0.717) is 25.2 Å². The molecule has 1 amide bonds. The number of hydrogen-bond acceptors (Lipinski definition) is 4. The first kappa shape index (κ1) is 23.2. The predicted molar refractivity (Wildman–Crippen MR) is 126 cm³/mol. The van der Waals surface area contributed by atoms with Crippen LogP contribution in [0, 0.1) is 0 Å². The number of halogens is 1. The van der Waals surface area contributed by atoms with Gasteiger partial charge in [-0.2, -0.15) is 4.31 Å². The van der Waals surface area contributed by atoms with E-state index in [1.54, 1.807) is 6.07 Å². The molecule has 0 saturated carbocycles. The molecule has 0 spiro atoms. The van der Waals surface area contributed by atoms with Crippen LogP contribution in [0.25, 0.3) is 0 Å². The summed E-state index contributed by atoms with van der Waals surface area (Å²) in [5, 5.41) is 3.09. The Morgan fingerprint density at radius 1 is 0.906 bits per heavy atom. The molecule has 6 nitrogen and oxygen atoms in total. The minimum absolute atomic E-state index is 0.000727. The Hall–Kier alpha value is -1.93. The van der Waals surface area contributed by atoms with Gasteiger partial charge in [-0.25, -0.2) is 8.42 Å². The van der Waals surface area contributed by atoms with Gasteiger partial charge < -0.3 is 5.32 Å². The summed E-state index contributed by atoms with van der Waals surface area (Å²) in [6.45, 7) is 4.47. The van der Waals surface area contributed by atoms with Gasteiger partial charge in [0.2, 0.25) is 10.0 Å². The van der Waals surface area contributed by atoms with E-state index < -0.39 is 10.0 Å². The number of amides is 1. The second-order valence-corrected chi connectivity index (χ2v) is 10.9. The highest BCUT2D eigenvalue weighted by atomic mass is 35.5. The van der Waals surface area contributed by atoms with Gasteiger partial charge in [0, 0.05) is 31.7 Å². The van der Waals surface area contributed by atoms with Crippen molar-refractivity contribution in [3.05, 3.63) is 64.2 Å². The van der Waals surface area contributed by atoms with E-state index in [4.69, 9.17) is 11.6 Å². The highest BCUT2D eigenvalue weighted by molar-refractivity contribution is 7.89. The lowest BCUT2D eigenvalue weighted by Gasteiger charge is -2.27. The fourth-order valence-corrected chi connectivity index (χ4v) is 6.45. The number of piperidine rings is 1. The van der Waals surface area contributed by atoms with Gasteiger partial charge in [0.05, 0.1) is 5.02 Å². The van der Waals surface area contributed by atoms with Crippen molar-refractivity contribution < 1.29 is 13.2 Å². The largest absolute Gasteiger partial charge is 0.348 e. The molecule has 1 N–H and O–H groups in total. The van der Waals surface area contributed by atoms with E-state index in [2.05, 4.69) is 16.3 Å². The minimum Gasteiger partial charge on any atom is -0.348 e. The molecule has 2 heterocycles. The van der Waals surface area contributed by atoms with Gasteiger partial charge in [0.1, 0.15) is 4.90 Å². The Bertz CT molecular complexity index is 1060. The highest BCUT2D eigenvalue weighted by Crippen LogP contribution is 2.28. The number of nitrogens with one attached hydrogen (secondary N) is 1. The van der Waals surface area contributed by atoms with Crippen LogP contribution in [0.1, 0.15) is 53.6 Å². The smallest absolute Gasteiger partial charge is 0.251 e. The van der Waals surface area contributed by atoms with Gasteiger partial charge in [0.25, 0.3) is 5.91 Å². The van der Waals surface area contributed by atoms with E-state index >= 15 is 0 Å². The maximum atomic E-state index is 12.9. The predicted octanol–water partition coefficient (Wildman–Crippen LogP) is 4.04. The highest BCUT2D eigenvalue weighted by Gasteiger charge is 2.29. The summed E-state index contributed by atoms with van der Waals surface area (Å²) in [7, 11) is -3.70. The maximum absolute atomic E-state index is 12.9. The molecule has 0 aromatic heterocycles. The summed E-state index contributed by atoms with van der Waals surface area (Å²) in [6.07, 6.45) is 5.45. The SMILES string of the molecule is O=C(NCc1ccccc1CN1CCCCC1)c1ccc(Cl)c(S(=O)(=O)N2CCCC2)c1. The fraction of sp³-hybridized carbons (Fsp3) is 0.458. The molecule has 0 atom stereocenters. The number of sulfonamides is 1. The number of carbonyl (C=O) groups excluding carboxylic acids is 1. The van der Waals surface area contributed by atoms with Crippen molar-refractivity contribution in [1.82, 2.24) is 14.5 Å². The van der Waals surface area contributed by atoms with E-state index in [-0.39, 0.29) is 15.8 Å². The number of rotatable bonds is 7. The second-order valence-electron chi connectivity index (χ2n) is 8.54. The van der Waals surface area contributed by atoms with Crippen LogP contribution in [0.5, 0.6) is 0 Å². The maximum Gasteiger partial charge on any atom is 0.251 e. The molecular formula is C24H30ClN3O3S. The third-order valence-corrected chi connectivity index (χ3v) is 8.66. The number of carbonyl (C=O) groups is 1. The summed E-state index contributed by atoms with van der Waals surface area (Å²) < 4.78 is 27.3. The third-order valence-electron chi connectivity index (χ3n) is 6.28. The lowest BCUT2D eigenvalue weighted by Crippen LogP contribution is -2.30. The van der Waals surface area contributed by atoms with Gasteiger partial charge in [0.15, 0.2) is 0 Å². The van der Waals surface area contributed by atoms with Crippen molar-refractivity contribution in [2.24, 2.45) is 0 Å². The molecule has 0 bridgehead atoms. The minimum atomic E-state index is -3.70. The first-order valence-electron chi connectivity index (χ1n) is 11.3. The van der Waals surface area contributed by atoms with E-state index in [1.807, 2.05) is 18.2 Å². The molecule has 8 heteroatoms. The van der Waals surface area contributed by atoms with Crippen LogP contribution in [0.4, 0.5) is 0 Å². The van der Waals surface area contributed by atoms with Gasteiger partial charge in [-0.05, 0) is 68.1 Å². The number of nitrogens with zero attached hydrogens (tertiary/aromatic N) is 2. The van der Waals surface area contributed by atoms with Crippen molar-refractivity contribution in [3.63, 3.8) is 0 Å². The normalized spacial score (nSPS) is 18.0. The quantitative estimate of drug-likeness (QED) is 0.656. The van der Waals surface area contributed by atoms with E-state index in [1.165, 1.54) is 41.3 Å². The summed E-state index contributed by atoms with van der Waals surface area (Å²) in [6, 6.07) is 12.6. The zero-order chi connectivity index (χ0) is 22.6. The Labute approximate surface area is 195 Å². The molecule has 2 aromatic carbocycles. The third kappa shape index (κ3) is 5.34. The standard InChI is InChI=1S/C24H30ClN3O3S/c25-22-11-10-19(16-23(22)32(30,31)28-14-6-7-15-28)24(29)26-17-20-8-2-3-9-21(20)18-27-12-4-1-5-13-27/h2-3,8-11,16H,1,4-7,12-15,17-18H2,(H,26,29). The molecule has 172 valence electrons. The van der Waals surface area contributed by atoms with Crippen LogP contribution >= 0.6 is 11.6 Å². The zero-order valence-electron chi connectivity index (χ0n) is 18.2. The lowest BCUT2D eigenvalue weighted by molar-refractivity contribution is 0.0950. The Morgan fingerprint density at radius 2 is 1.56 bits per heavy atom. The molecule has 2 aliphatic rings. The lowest BCUT2D eigenvalue weighted by atomic mass is 10.0. The van der Waals surface area contributed by atoms with E-state index in [9.17, 15) is 13.2 Å². The molecule has 32 heavy (non-hydrogen) atoms. The first-order valence-corrected chi connectivity index (χ1v) is 13.1. The van der Waals surface area contributed by atoms with Crippen LogP contribution in [-0.4, -0.2) is 49.7 Å². The molecule has 0 radical (unpaired) electrons. The van der Waals surface area contributed by atoms with Crippen molar-refractivity contribution in [2.45, 2.75) is 50.1 Å². The van der Waals surface area contributed by atoms with Gasteiger partial charge in [-0.15, -0.1) is 0 Å². The average molecular weight is 476 g/mol.